The van der Waals surface area contributed by atoms with Gasteiger partial charge >= 0.3 is 0 Å². The second kappa shape index (κ2) is 7.05. The second-order valence-electron chi connectivity index (χ2n) is 6.88. The van der Waals surface area contributed by atoms with Crippen molar-refractivity contribution >= 4 is 27.5 Å². The first kappa shape index (κ1) is 17.1. The number of nitrogens with zero attached hydrogens (tertiary/aromatic N) is 3. The lowest BCUT2D eigenvalue weighted by atomic mass is 9.89. The third kappa shape index (κ3) is 3.24. The van der Waals surface area contributed by atoms with Gasteiger partial charge in [0.15, 0.2) is 0 Å². The normalized spacial score (nSPS) is 17.0. The van der Waals surface area contributed by atoms with E-state index in [1.54, 1.807) is 23.3 Å². The number of aromatic nitrogens is 2. The summed E-state index contributed by atoms with van der Waals surface area (Å²) in [6, 6.07) is 0. The number of hydrogen-bond acceptors (Lipinski definition) is 4. The topological polar surface area (TPSA) is 55.2 Å². The summed E-state index contributed by atoms with van der Waals surface area (Å²) in [6.45, 7) is 5.15. The van der Waals surface area contributed by atoms with E-state index in [-0.39, 0.29) is 18.0 Å². The highest BCUT2D eigenvalue weighted by Gasteiger charge is 2.23. The van der Waals surface area contributed by atoms with E-state index in [1.807, 2.05) is 0 Å². The van der Waals surface area contributed by atoms with Gasteiger partial charge in [-0.2, -0.15) is 0 Å². The molecule has 0 aromatic carbocycles. The van der Waals surface area contributed by atoms with Crippen LogP contribution in [-0.2, 0) is 24.2 Å². The van der Waals surface area contributed by atoms with Crippen LogP contribution in [0.15, 0.2) is 11.1 Å². The van der Waals surface area contributed by atoms with Gasteiger partial charge in [-0.15, -0.1) is 11.3 Å². The molecule has 6 heteroatoms. The molecular weight excluding hydrogens is 322 g/mol. The van der Waals surface area contributed by atoms with Gasteiger partial charge in [0.2, 0.25) is 5.91 Å². The van der Waals surface area contributed by atoms with Gasteiger partial charge in [0, 0.05) is 18.5 Å². The number of hydrogen-bond donors (Lipinski definition) is 0. The van der Waals surface area contributed by atoms with E-state index < -0.39 is 0 Å². The van der Waals surface area contributed by atoms with Crippen LogP contribution in [0.1, 0.15) is 43.6 Å². The quantitative estimate of drug-likeness (QED) is 0.836. The predicted octanol–water partition coefficient (Wildman–Crippen LogP) is 2.84. The highest BCUT2D eigenvalue weighted by Crippen LogP contribution is 2.35. The van der Waals surface area contributed by atoms with Gasteiger partial charge in [-0.3, -0.25) is 14.2 Å². The molecule has 3 rings (SSSR count). The Hall–Kier alpha value is -1.69. The van der Waals surface area contributed by atoms with Crippen LogP contribution in [0.3, 0.4) is 0 Å². The smallest absolute Gasteiger partial charge is 0.262 e. The summed E-state index contributed by atoms with van der Waals surface area (Å²) in [6.07, 6.45) is 6.65. The van der Waals surface area contributed by atoms with Crippen molar-refractivity contribution in [3.8, 4) is 0 Å². The predicted molar refractivity (Wildman–Crippen MR) is 97.6 cm³/mol. The van der Waals surface area contributed by atoms with E-state index in [2.05, 4.69) is 18.8 Å². The summed E-state index contributed by atoms with van der Waals surface area (Å²) in [4.78, 5) is 33.5. The van der Waals surface area contributed by atoms with Gasteiger partial charge in [-0.25, -0.2) is 4.98 Å². The minimum atomic E-state index is -0.0655. The van der Waals surface area contributed by atoms with E-state index in [0.29, 0.717) is 5.92 Å². The van der Waals surface area contributed by atoms with Gasteiger partial charge < -0.3 is 4.90 Å². The first-order chi connectivity index (χ1) is 11.5. The third-order valence-electron chi connectivity index (χ3n) is 4.86. The molecule has 1 amide bonds. The Morgan fingerprint density at radius 1 is 1.50 bits per heavy atom. The maximum atomic E-state index is 12.9. The van der Waals surface area contributed by atoms with Crippen molar-refractivity contribution in [1.82, 2.24) is 14.5 Å². The summed E-state index contributed by atoms with van der Waals surface area (Å²) in [5, 5.41) is 0.744. The molecule has 0 saturated carbocycles. The largest absolute Gasteiger partial charge is 0.344 e. The Balaban J connectivity index is 1.89. The summed E-state index contributed by atoms with van der Waals surface area (Å²) >= 11 is 1.64. The second-order valence-corrected chi connectivity index (χ2v) is 7.96. The van der Waals surface area contributed by atoms with Gasteiger partial charge in [-0.05, 0) is 37.2 Å². The first-order valence-corrected chi connectivity index (χ1v) is 9.56. The van der Waals surface area contributed by atoms with E-state index in [9.17, 15) is 9.59 Å². The Morgan fingerprint density at radius 2 is 2.29 bits per heavy atom. The standard InChI is InChI=1S/C18H25N3O2S/c1-4-5-8-20(3)15(22)10-21-11-19-17-16(18(21)23)13-7-6-12(2)9-14(13)24-17/h11-12H,4-10H2,1-3H3/t12-/m1/s1. The van der Waals surface area contributed by atoms with Gasteiger partial charge in [0.25, 0.3) is 5.56 Å². The number of thiophene rings is 1. The molecule has 0 N–H and O–H groups in total. The van der Waals surface area contributed by atoms with Crippen molar-refractivity contribution in [2.75, 3.05) is 13.6 Å². The Morgan fingerprint density at radius 3 is 3.04 bits per heavy atom. The van der Waals surface area contributed by atoms with Gasteiger partial charge in [-0.1, -0.05) is 20.3 Å². The fourth-order valence-corrected chi connectivity index (χ4v) is 4.61. The summed E-state index contributed by atoms with van der Waals surface area (Å²) in [5.74, 6) is 0.631. The zero-order chi connectivity index (χ0) is 17.3. The number of likely N-dealkylation sites (N-methyl/N-ethyl adjacent to an activating group) is 1. The number of carbonyl (C=O) groups excluding carboxylic acids is 1. The molecule has 0 bridgehead atoms. The van der Waals surface area contributed by atoms with E-state index >= 15 is 0 Å². The minimum Gasteiger partial charge on any atom is -0.344 e. The molecular formula is C18H25N3O2S. The number of rotatable bonds is 5. The van der Waals surface area contributed by atoms with Crippen molar-refractivity contribution in [2.45, 2.75) is 52.5 Å². The zero-order valence-electron chi connectivity index (χ0n) is 14.7. The van der Waals surface area contributed by atoms with Crippen LogP contribution in [0.2, 0.25) is 0 Å². The monoisotopic (exact) mass is 347 g/mol. The number of amides is 1. The molecule has 130 valence electrons. The van der Waals surface area contributed by atoms with Crippen LogP contribution in [0.4, 0.5) is 0 Å². The zero-order valence-corrected chi connectivity index (χ0v) is 15.5. The highest BCUT2D eigenvalue weighted by molar-refractivity contribution is 7.18. The van der Waals surface area contributed by atoms with Gasteiger partial charge in [0.1, 0.15) is 11.4 Å². The summed E-state index contributed by atoms with van der Waals surface area (Å²) in [5.41, 5.74) is 1.11. The number of aryl methyl sites for hydroxylation is 1. The van der Waals surface area contributed by atoms with E-state index in [1.165, 1.54) is 21.3 Å². The van der Waals surface area contributed by atoms with Crippen LogP contribution in [0.5, 0.6) is 0 Å². The fourth-order valence-electron chi connectivity index (χ4n) is 3.27. The Labute approximate surface area is 146 Å². The molecule has 0 aliphatic heterocycles. The maximum Gasteiger partial charge on any atom is 0.262 e. The van der Waals surface area contributed by atoms with Crippen LogP contribution in [0, 0.1) is 5.92 Å². The average Bonchev–Trinajstić information content (AvgIpc) is 2.93. The fraction of sp³-hybridized carbons (Fsp3) is 0.611. The molecule has 1 aliphatic rings. The van der Waals surface area contributed by atoms with Crippen molar-refractivity contribution < 1.29 is 4.79 Å². The van der Waals surface area contributed by atoms with E-state index in [4.69, 9.17) is 0 Å². The summed E-state index contributed by atoms with van der Waals surface area (Å²) < 4.78 is 1.47. The van der Waals surface area contributed by atoms with Crippen molar-refractivity contribution in [1.29, 1.82) is 0 Å². The minimum absolute atomic E-state index is 0.0376. The summed E-state index contributed by atoms with van der Waals surface area (Å²) in [7, 11) is 1.79. The van der Waals surface area contributed by atoms with Crippen LogP contribution in [0.25, 0.3) is 10.2 Å². The molecule has 0 fully saturated rings. The molecule has 2 heterocycles. The SMILES string of the molecule is CCCCN(C)C(=O)Cn1cnc2sc3c(c2c1=O)CC[C@@H](C)C3. The number of carbonyl (C=O) groups is 1. The maximum absolute atomic E-state index is 12.9. The van der Waals surface area contributed by atoms with Crippen molar-refractivity contribution in [3.63, 3.8) is 0 Å². The third-order valence-corrected chi connectivity index (χ3v) is 6.02. The Bertz CT molecular complexity index is 808. The molecule has 0 radical (unpaired) electrons. The molecule has 0 unspecified atom stereocenters. The molecule has 0 saturated heterocycles. The average molecular weight is 347 g/mol. The van der Waals surface area contributed by atoms with Crippen LogP contribution < -0.4 is 5.56 Å². The van der Waals surface area contributed by atoms with Crippen LogP contribution >= 0.6 is 11.3 Å². The lowest BCUT2D eigenvalue weighted by molar-refractivity contribution is -0.130. The molecule has 1 atom stereocenters. The first-order valence-electron chi connectivity index (χ1n) is 8.74. The van der Waals surface area contributed by atoms with Crippen molar-refractivity contribution in [3.05, 3.63) is 27.1 Å². The molecule has 2 aromatic rings. The molecule has 1 aliphatic carbocycles. The Kier molecular flexibility index (Phi) is 5.04. The number of fused-ring (bicyclic) bond motifs is 3. The lowest BCUT2D eigenvalue weighted by Gasteiger charge is -2.18. The molecule has 5 nitrogen and oxygen atoms in total. The van der Waals surface area contributed by atoms with E-state index in [0.717, 1.165) is 48.9 Å². The molecule has 24 heavy (non-hydrogen) atoms. The molecule has 2 aromatic heterocycles. The van der Waals surface area contributed by atoms with Crippen LogP contribution in [-0.4, -0.2) is 34.0 Å². The lowest BCUT2D eigenvalue weighted by Crippen LogP contribution is -2.34. The van der Waals surface area contributed by atoms with Crippen molar-refractivity contribution in [2.24, 2.45) is 5.92 Å². The number of unbranched alkanes of at least 4 members (excludes halogenated alkanes) is 1. The highest BCUT2D eigenvalue weighted by atomic mass is 32.1. The molecule has 0 spiro atoms. The van der Waals surface area contributed by atoms with Gasteiger partial charge in [0.05, 0.1) is 11.7 Å².